The third-order valence-corrected chi connectivity index (χ3v) is 2.75. The van der Waals surface area contributed by atoms with Gasteiger partial charge in [0.2, 0.25) is 0 Å². The van der Waals surface area contributed by atoms with E-state index in [0.717, 1.165) is 10.0 Å². The summed E-state index contributed by atoms with van der Waals surface area (Å²) in [5.74, 6) is 0.522. The van der Waals surface area contributed by atoms with E-state index in [0.29, 0.717) is 10.9 Å². The van der Waals surface area contributed by atoms with Crippen molar-refractivity contribution in [2.24, 2.45) is 0 Å². The highest BCUT2D eigenvalue weighted by atomic mass is 79.9. The van der Waals surface area contributed by atoms with Gasteiger partial charge in [-0.3, -0.25) is 0 Å². The van der Waals surface area contributed by atoms with E-state index in [2.05, 4.69) is 15.9 Å². The lowest BCUT2D eigenvalue weighted by Crippen LogP contribution is -1.73. The van der Waals surface area contributed by atoms with Gasteiger partial charge < -0.3 is 0 Å². The summed E-state index contributed by atoms with van der Waals surface area (Å²) in [6, 6.07) is 5.77. The maximum atomic E-state index is 5.88. The molecule has 1 rings (SSSR count). The minimum Gasteiger partial charge on any atom is -0.122 e. The van der Waals surface area contributed by atoms with Crippen LogP contribution in [0, 0.1) is 0 Å². The molecule has 0 spiro atoms. The van der Waals surface area contributed by atoms with Gasteiger partial charge in [-0.1, -0.05) is 29.8 Å². The Bertz CT molecular complexity index is 295. The fourth-order valence-electron chi connectivity index (χ4n) is 0.797. The highest BCUT2D eigenvalue weighted by Gasteiger charge is 1.95. The Morgan fingerprint density at radius 1 is 1.42 bits per heavy atom. The third-order valence-electron chi connectivity index (χ3n) is 1.34. The molecule has 0 aliphatic carbocycles. The lowest BCUT2D eigenvalue weighted by molar-refractivity contribution is 1.60. The predicted octanol–water partition coefficient (Wildman–Crippen LogP) is 4.35. The van der Waals surface area contributed by atoms with E-state index in [1.807, 2.05) is 30.4 Å². The van der Waals surface area contributed by atoms with Crippen molar-refractivity contribution in [3.63, 3.8) is 0 Å². The van der Waals surface area contributed by atoms with Crippen molar-refractivity contribution < 1.29 is 0 Å². The molecule has 0 aliphatic rings. The molecule has 0 unspecified atom stereocenters. The van der Waals surface area contributed by atoms with Crippen LogP contribution in [0.2, 0.25) is 5.02 Å². The Morgan fingerprint density at radius 3 is 2.75 bits per heavy atom. The fraction of sp³-hybridized carbons (Fsp3) is 0.111. The monoisotopic (exact) mass is 264 g/mol. The van der Waals surface area contributed by atoms with Gasteiger partial charge in [0.05, 0.1) is 5.02 Å². The van der Waals surface area contributed by atoms with Crippen molar-refractivity contribution in [1.82, 2.24) is 0 Å². The van der Waals surface area contributed by atoms with Crippen molar-refractivity contribution in [3.05, 3.63) is 39.3 Å². The molecule has 3 heteroatoms. The van der Waals surface area contributed by atoms with Crippen LogP contribution in [0.25, 0.3) is 6.08 Å². The molecule has 0 heterocycles. The second-order valence-electron chi connectivity index (χ2n) is 2.23. The second kappa shape index (κ2) is 4.90. The van der Waals surface area contributed by atoms with Crippen molar-refractivity contribution in [1.29, 1.82) is 0 Å². The third kappa shape index (κ3) is 2.81. The topological polar surface area (TPSA) is 0 Å². The van der Waals surface area contributed by atoms with Gasteiger partial charge in [0.1, 0.15) is 0 Å². The molecule has 0 aromatic heterocycles. The predicted molar refractivity (Wildman–Crippen MR) is 58.9 cm³/mol. The summed E-state index contributed by atoms with van der Waals surface area (Å²) in [6.07, 6.45) is 3.81. The number of rotatable bonds is 2. The second-order valence-corrected chi connectivity index (χ2v) is 3.80. The Kier molecular flexibility index (Phi) is 4.13. The van der Waals surface area contributed by atoms with Crippen LogP contribution in [-0.2, 0) is 0 Å². The number of halogens is 3. The molecule has 0 nitrogen and oxygen atoms in total. The van der Waals surface area contributed by atoms with Crippen LogP contribution in [0.3, 0.4) is 0 Å². The van der Waals surface area contributed by atoms with E-state index in [-0.39, 0.29) is 0 Å². The van der Waals surface area contributed by atoms with E-state index in [1.165, 1.54) is 0 Å². The summed E-state index contributed by atoms with van der Waals surface area (Å²) < 4.78 is 0.909. The first-order valence-corrected chi connectivity index (χ1v) is 5.12. The van der Waals surface area contributed by atoms with Crippen LogP contribution in [0.15, 0.2) is 28.7 Å². The van der Waals surface area contributed by atoms with E-state index >= 15 is 0 Å². The number of allylic oxidation sites excluding steroid dienone is 1. The molecule has 0 atom stereocenters. The standard InChI is InChI=1S/C9H7BrCl2/c10-8-4-3-7(2-1-5-11)6-9(8)12/h1-4,6H,5H2/b2-1+. The molecule has 1 aromatic rings. The maximum Gasteiger partial charge on any atom is 0.0554 e. The zero-order chi connectivity index (χ0) is 8.97. The number of hydrogen-bond acceptors (Lipinski definition) is 0. The molecule has 0 N–H and O–H groups in total. The van der Waals surface area contributed by atoms with Crippen LogP contribution in [0.4, 0.5) is 0 Å². The Morgan fingerprint density at radius 2 is 2.17 bits per heavy atom. The van der Waals surface area contributed by atoms with Crippen LogP contribution >= 0.6 is 39.1 Å². The van der Waals surface area contributed by atoms with Gasteiger partial charge in [0, 0.05) is 10.4 Å². The molecule has 0 aliphatic heterocycles. The van der Waals surface area contributed by atoms with Crippen LogP contribution in [0.1, 0.15) is 5.56 Å². The molecule has 0 saturated carbocycles. The van der Waals surface area contributed by atoms with Crippen molar-refractivity contribution in [2.45, 2.75) is 0 Å². The largest absolute Gasteiger partial charge is 0.122 e. The lowest BCUT2D eigenvalue weighted by Gasteiger charge is -1.96. The molecule has 0 fully saturated rings. The molecule has 0 saturated heterocycles. The minimum absolute atomic E-state index is 0.522. The highest BCUT2D eigenvalue weighted by molar-refractivity contribution is 9.10. The first kappa shape index (κ1) is 10.1. The fourth-order valence-corrected chi connectivity index (χ4v) is 1.32. The zero-order valence-electron chi connectivity index (χ0n) is 6.23. The first-order valence-electron chi connectivity index (χ1n) is 3.41. The smallest absolute Gasteiger partial charge is 0.0554 e. The normalized spacial score (nSPS) is 10.9. The molecule has 1 aromatic carbocycles. The summed E-state index contributed by atoms with van der Waals surface area (Å²) in [5, 5.41) is 0.715. The van der Waals surface area contributed by atoms with Crippen molar-refractivity contribution in [2.75, 3.05) is 5.88 Å². The van der Waals surface area contributed by atoms with Gasteiger partial charge in [-0.2, -0.15) is 0 Å². The van der Waals surface area contributed by atoms with E-state index in [1.54, 1.807) is 0 Å². The summed E-state index contributed by atoms with van der Waals surface area (Å²) in [6.45, 7) is 0. The van der Waals surface area contributed by atoms with Gasteiger partial charge in [-0.25, -0.2) is 0 Å². The molecular weight excluding hydrogens is 259 g/mol. The zero-order valence-corrected chi connectivity index (χ0v) is 9.33. The van der Waals surface area contributed by atoms with Gasteiger partial charge in [-0.15, -0.1) is 11.6 Å². The summed E-state index contributed by atoms with van der Waals surface area (Å²) in [5.41, 5.74) is 1.06. The lowest BCUT2D eigenvalue weighted by atomic mass is 10.2. The SMILES string of the molecule is ClC/C=C/c1ccc(Br)c(Cl)c1. The summed E-state index contributed by atoms with van der Waals surface area (Å²) >= 11 is 14.7. The molecular formula is C9H7BrCl2. The minimum atomic E-state index is 0.522. The van der Waals surface area contributed by atoms with Crippen LogP contribution in [-0.4, -0.2) is 5.88 Å². The Balaban J connectivity index is 2.89. The van der Waals surface area contributed by atoms with Crippen molar-refractivity contribution in [3.8, 4) is 0 Å². The van der Waals surface area contributed by atoms with Gasteiger partial charge >= 0.3 is 0 Å². The quantitative estimate of drug-likeness (QED) is 0.698. The van der Waals surface area contributed by atoms with Crippen LogP contribution < -0.4 is 0 Å². The van der Waals surface area contributed by atoms with Crippen molar-refractivity contribution >= 4 is 45.2 Å². The average Bonchev–Trinajstić information content (AvgIpc) is 2.07. The number of alkyl halides is 1. The number of benzene rings is 1. The highest BCUT2D eigenvalue weighted by Crippen LogP contribution is 2.23. The maximum absolute atomic E-state index is 5.88. The summed E-state index contributed by atoms with van der Waals surface area (Å²) in [4.78, 5) is 0. The average molecular weight is 266 g/mol. The molecule has 12 heavy (non-hydrogen) atoms. The molecule has 0 amide bonds. The number of hydrogen-bond donors (Lipinski definition) is 0. The van der Waals surface area contributed by atoms with E-state index in [9.17, 15) is 0 Å². The molecule has 0 bridgehead atoms. The Hall–Kier alpha value is 0.0200. The first-order chi connectivity index (χ1) is 5.74. The van der Waals surface area contributed by atoms with E-state index in [4.69, 9.17) is 23.2 Å². The van der Waals surface area contributed by atoms with Gasteiger partial charge in [0.15, 0.2) is 0 Å². The van der Waals surface area contributed by atoms with Gasteiger partial charge in [0.25, 0.3) is 0 Å². The van der Waals surface area contributed by atoms with E-state index < -0.39 is 0 Å². The van der Waals surface area contributed by atoms with Crippen LogP contribution in [0.5, 0.6) is 0 Å². The summed E-state index contributed by atoms with van der Waals surface area (Å²) in [7, 11) is 0. The van der Waals surface area contributed by atoms with Gasteiger partial charge in [-0.05, 0) is 33.6 Å². The molecule has 0 radical (unpaired) electrons. The molecule has 64 valence electrons. The Labute approximate surface area is 90.3 Å².